The molecule has 0 unspecified atom stereocenters. The van der Waals surface area contributed by atoms with Crippen LogP contribution in [0.2, 0.25) is 0 Å². The van der Waals surface area contributed by atoms with Crippen LogP contribution < -0.4 is 5.73 Å². The number of nitrogens with two attached hydrogens (primary N) is 1. The van der Waals surface area contributed by atoms with Crippen molar-refractivity contribution in [2.24, 2.45) is 17.1 Å². The van der Waals surface area contributed by atoms with E-state index in [1.807, 2.05) is 18.2 Å². The van der Waals surface area contributed by atoms with E-state index in [2.05, 4.69) is 35.0 Å². The minimum atomic E-state index is -1.57. The van der Waals surface area contributed by atoms with Crippen LogP contribution in [0.5, 0.6) is 0 Å². The van der Waals surface area contributed by atoms with Gasteiger partial charge in [0.05, 0.1) is 23.4 Å². The molecule has 26 heavy (non-hydrogen) atoms. The second-order valence-electron chi connectivity index (χ2n) is 6.72. The van der Waals surface area contributed by atoms with E-state index in [0.29, 0.717) is 12.1 Å². The molecule has 1 aromatic heterocycles. The van der Waals surface area contributed by atoms with Crippen molar-refractivity contribution in [1.82, 2.24) is 9.88 Å². The van der Waals surface area contributed by atoms with Gasteiger partial charge in [-0.05, 0) is 36.2 Å². The maximum atomic E-state index is 9.97. The van der Waals surface area contributed by atoms with Gasteiger partial charge in [-0.15, -0.1) is 0 Å². The Labute approximate surface area is 153 Å². The molecule has 0 bridgehead atoms. The number of nitrogens with zero attached hydrogens (tertiary/aromatic N) is 5. The molecule has 6 heteroatoms. The molecule has 0 spiro atoms. The fraction of sp³-hybridized carbons (Fsp3) is 0.400. The van der Waals surface area contributed by atoms with Crippen LogP contribution in [-0.4, -0.2) is 29.5 Å². The average Bonchev–Trinajstić information content (AvgIpc) is 2.68. The lowest BCUT2D eigenvalue weighted by molar-refractivity contribution is 0.207. The molecule has 2 atom stereocenters. The van der Waals surface area contributed by atoms with Crippen molar-refractivity contribution >= 4 is 0 Å². The number of rotatable bonds is 3. The fourth-order valence-electron chi connectivity index (χ4n) is 4.19. The van der Waals surface area contributed by atoms with Gasteiger partial charge in [-0.2, -0.15) is 15.8 Å². The van der Waals surface area contributed by atoms with E-state index in [-0.39, 0.29) is 11.6 Å². The predicted molar refractivity (Wildman–Crippen MR) is 95.8 cm³/mol. The molecule has 0 radical (unpaired) electrons. The van der Waals surface area contributed by atoms with Crippen LogP contribution in [0.25, 0.3) is 0 Å². The zero-order valence-corrected chi connectivity index (χ0v) is 14.7. The Balaban J connectivity index is 2.26. The van der Waals surface area contributed by atoms with Gasteiger partial charge < -0.3 is 5.73 Å². The van der Waals surface area contributed by atoms with Gasteiger partial charge in [-0.1, -0.05) is 13.0 Å². The molecule has 0 aromatic carbocycles. The molecule has 130 valence electrons. The van der Waals surface area contributed by atoms with Gasteiger partial charge in [0.1, 0.15) is 6.07 Å². The standard InChI is InChI=1S/C20H20N6/c1-2-8-26-9-5-15-16(10-21)19(24)20(12-22,13-23)18(17(15)11-26)14-3-6-25-7-4-14/h3-7,17-18H,2,8-9,11,24H2,1H3/t17-,18+/m0/s1. The number of hydrogen-bond acceptors (Lipinski definition) is 6. The minimum absolute atomic E-state index is 0.0678. The second kappa shape index (κ2) is 7.00. The number of nitriles is 3. The highest BCUT2D eigenvalue weighted by molar-refractivity contribution is 5.59. The Morgan fingerprint density at radius 2 is 1.96 bits per heavy atom. The summed E-state index contributed by atoms with van der Waals surface area (Å²) in [6.07, 6.45) is 6.36. The van der Waals surface area contributed by atoms with Crippen molar-refractivity contribution in [2.75, 3.05) is 19.6 Å². The third-order valence-corrected chi connectivity index (χ3v) is 5.35. The van der Waals surface area contributed by atoms with E-state index in [1.165, 1.54) is 0 Å². The first-order valence-electron chi connectivity index (χ1n) is 8.68. The normalized spacial score (nSPS) is 24.6. The van der Waals surface area contributed by atoms with Crippen molar-refractivity contribution in [3.05, 3.63) is 53.0 Å². The Morgan fingerprint density at radius 3 is 2.54 bits per heavy atom. The molecule has 2 heterocycles. The Morgan fingerprint density at radius 1 is 1.27 bits per heavy atom. The summed E-state index contributed by atoms with van der Waals surface area (Å²) in [6.45, 7) is 4.48. The van der Waals surface area contributed by atoms with Gasteiger partial charge in [-0.25, -0.2) is 0 Å². The highest BCUT2D eigenvalue weighted by Crippen LogP contribution is 2.53. The lowest BCUT2D eigenvalue weighted by Gasteiger charge is -2.45. The number of pyridine rings is 1. The van der Waals surface area contributed by atoms with E-state index < -0.39 is 11.3 Å². The van der Waals surface area contributed by atoms with Crippen molar-refractivity contribution in [3.8, 4) is 18.2 Å². The first-order valence-corrected chi connectivity index (χ1v) is 8.68. The van der Waals surface area contributed by atoms with Gasteiger partial charge in [-0.3, -0.25) is 9.88 Å². The predicted octanol–water partition coefficient (Wildman–Crippen LogP) is 2.22. The Hall–Kier alpha value is -3.14. The molecule has 0 fully saturated rings. The van der Waals surface area contributed by atoms with Gasteiger partial charge >= 0.3 is 0 Å². The quantitative estimate of drug-likeness (QED) is 0.899. The monoisotopic (exact) mass is 344 g/mol. The molecule has 0 amide bonds. The fourth-order valence-corrected chi connectivity index (χ4v) is 4.19. The Kier molecular flexibility index (Phi) is 4.76. The van der Waals surface area contributed by atoms with Crippen LogP contribution in [-0.2, 0) is 0 Å². The summed E-state index contributed by atoms with van der Waals surface area (Å²) in [5, 5.41) is 29.6. The molecule has 1 aliphatic heterocycles. The van der Waals surface area contributed by atoms with Gasteiger partial charge in [0.2, 0.25) is 0 Å². The number of hydrogen-bond donors (Lipinski definition) is 1. The van der Waals surface area contributed by atoms with Gasteiger partial charge in [0.25, 0.3) is 0 Å². The summed E-state index contributed by atoms with van der Waals surface area (Å²) in [6, 6.07) is 10.1. The molecular formula is C20H20N6. The topological polar surface area (TPSA) is 114 Å². The molecule has 0 saturated carbocycles. The lowest BCUT2D eigenvalue weighted by Crippen LogP contribution is -2.48. The smallest absolute Gasteiger partial charge is 0.191 e. The zero-order chi connectivity index (χ0) is 18.7. The van der Waals surface area contributed by atoms with Crippen LogP contribution >= 0.6 is 0 Å². The SMILES string of the molecule is CCCN1CC=C2C(C#N)=C(N)C(C#N)(C#N)[C@H](c3ccncc3)[C@H]2C1. The molecular weight excluding hydrogens is 324 g/mol. The van der Waals surface area contributed by atoms with Crippen LogP contribution in [0.15, 0.2) is 47.4 Å². The van der Waals surface area contributed by atoms with Crippen LogP contribution in [0.1, 0.15) is 24.8 Å². The van der Waals surface area contributed by atoms with Crippen molar-refractivity contribution in [3.63, 3.8) is 0 Å². The van der Waals surface area contributed by atoms with Crippen LogP contribution in [0.3, 0.4) is 0 Å². The third-order valence-electron chi connectivity index (χ3n) is 5.35. The van der Waals surface area contributed by atoms with E-state index in [9.17, 15) is 15.8 Å². The molecule has 6 nitrogen and oxygen atoms in total. The van der Waals surface area contributed by atoms with Gasteiger partial charge in [0, 0.05) is 37.3 Å². The lowest BCUT2D eigenvalue weighted by atomic mass is 9.58. The maximum absolute atomic E-state index is 9.97. The van der Waals surface area contributed by atoms with Gasteiger partial charge in [0.15, 0.2) is 5.41 Å². The number of fused-ring (bicyclic) bond motifs is 1. The minimum Gasteiger partial charge on any atom is -0.399 e. The van der Waals surface area contributed by atoms with E-state index in [4.69, 9.17) is 5.73 Å². The van der Waals surface area contributed by atoms with E-state index >= 15 is 0 Å². The second-order valence-corrected chi connectivity index (χ2v) is 6.72. The zero-order valence-electron chi connectivity index (χ0n) is 14.7. The summed E-state index contributed by atoms with van der Waals surface area (Å²) < 4.78 is 0. The third kappa shape index (κ3) is 2.54. The first-order chi connectivity index (χ1) is 12.6. The van der Waals surface area contributed by atoms with Crippen molar-refractivity contribution in [1.29, 1.82) is 15.8 Å². The molecule has 1 aliphatic carbocycles. The van der Waals surface area contributed by atoms with Crippen molar-refractivity contribution in [2.45, 2.75) is 19.3 Å². The van der Waals surface area contributed by atoms with Crippen LogP contribution in [0.4, 0.5) is 0 Å². The highest BCUT2D eigenvalue weighted by atomic mass is 15.1. The van der Waals surface area contributed by atoms with E-state index in [0.717, 1.165) is 30.6 Å². The maximum Gasteiger partial charge on any atom is 0.191 e. The highest BCUT2D eigenvalue weighted by Gasteiger charge is 2.54. The summed E-state index contributed by atoms with van der Waals surface area (Å²) in [5.74, 6) is -0.581. The summed E-state index contributed by atoms with van der Waals surface area (Å²) in [7, 11) is 0. The van der Waals surface area contributed by atoms with Crippen LogP contribution in [0, 0.1) is 45.3 Å². The Bertz CT molecular complexity index is 864. The molecule has 3 rings (SSSR count). The van der Waals surface area contributed by atoms with Crippen molar-refractivity contribution < 1.29 is 0 Å². The average molecular weight is 344 g/mol. The summed E-state index contributed by atoms with van der Waals surface area (Å²) in [5.41, 5.74) is 6.76. The largest absolute Gasteiger partial charge is 0.399 e. The summed E-state index contributed by atoms with van der Waals surface area (Å²) in [4.78, 5) is 6.34. The number of allylic oxidation sites excluding steroid dienone is 2. The molecule has 2 N–H and O–H groups in total. The first kappa shape index (κ1) is 17.7. The molecule has 1 aromatic rings. The molecule has 0 saturated heterocycles. The summed E-state index contributed by atoms with van der Waals surface area (Å²) >= 11 is 0. The number of aromatic nitrogens is 1. The van der Waals surface area contributed by atoms with E-state index in [1.54, 1.807) is 12.4 Å². The molecule has 2 aliphatic rings.